The van der Waals surface area contributed by atoms with Crippen molar-refractivity contribution in [3.63, 3.8) is 0 Å². The van der Waals surface area contributed by atoms with E-state index in [-0.39, 0.29) is 0 Å². The highest BCUT2D eigenvalue weighted by Crippen LogP contribution is 2.33. The molecule has 0 radical (unpaired) electrons. The maximum atomic E-state index is 7.49. The predicted octanol–water partition coefficient (Wildman–Crippen LogP) is 4.50. The molecule has 0 saturated heterocycles. The summed E-state index contributed by atoms with van der Waals surface area (Å²) in [6.45, 7) is 8.33. The second kappa shape index (κ2) is 4.81. The van der Waals surface area contributed by atoms with Gasteiger partial charge in [0.05, 0.1) is 12.0 Å². The van der Waals surface area contributed by atoms with E-state index in [1.54, 1.807) is 0 Å². The summed E-state index contributed by atoms with van der Waals surface area (Å²) in [7, 11) is 0. The lowest BCUT2D eigenvalue weighted by molar-refractivity contribution is -0.749. The summed E-state index contributed by atoms with van der Waals surface area (Å²) in [5.74, 6) is 0. The van der Waals surface area contributed by atoms with Crippen LogP contribution in [-0.4, -0.2) is 4.68 Å². The lowest BCUT2D eigenvalue weighted by Crippen LogP contribution is -2.36. The van der Waals surface area contributed by atoms with Gasteiger partial charge in [-0.2, -0.15) is 0 Å². The molecule has 2 heterocycles. The van der Waals surface area contributed by atoms with E-state index in [0.717, 1.165) is 17.4 Å². The van der Waals surface area contributed by atoms with Crippen molar-refractivity contribution in [3.8, 4) is 16.8 Å². The fourth-order valence-corrected chi connectivity index (χ4v) is 3.58. The van der Waals surface area contributed by atoms with Gasteiger partial charge in [0.25, 0.3) is 0 Å². The Labute approximate surface area is 139 Å². The highest BCUT2D eigenvalue weighted by Gasteiger charge is 2.29. The number of hydrogen-bond acceptors (Lipinski definition) is 0. The fraction of sp³-hybridized carbons (Fsp3) is 0.0476. The Kier molecular flexibility index (Phi) is 2.62. The van der Waals surface area contributed by atoms with Gasteiger partial charge in [-0.1, -0.05) is 48.5 Å². The van der Waals surface area contributed by atoms with Gasteiger partial charge in [0.1, 0.15) is 11.2 Å². The molecule has 3 nitrogen and oxygen atoms in total. The second-order valence-corrected chi connectivity index (χ2v) is 6.07. The van der Waals surface area contributed by atoms with E-state index in [2.05, 4.69) is 68.9 Å². The largest absolute Gasteiger partial charge is 0.236 e. The van der Waals surface area contributed by atoms with Crippen LogP contribution >= 0.6 is 0 Å². The Morgan fingerprint density at radius 3 is 2.62 bits per heavy atom. The van der Waals surface area contributed by atoms with Crippen molar-refractivity contribution in [2.45, 2.75) is 6.54 Å². The summed E-state index contributed by atoms with van der Waals surface area (Å²) in [5.41, 5.74) is 6.56. The minimum absolute atomic E-state index is 0.698. The first kappa shape index (κ1) is 13.1. The molecule has 0 fully saturated rings. The van der Waals surface area contributed by atoms with E-state index in [9.17, 15) is 0 Å². The van der Waals surface area contributed by atoms with Crippen LogP contribution in [0.1, 0.15) is 5.56 Å². The molecule has 0 saturated carbocycles. The molecule has 1 aliphatic heterocycles. The summed E-state index contributed by atoms with van der Waals surface area (Å²) in [4.78, 5) is 3.72. The van der Waals surface area contributed by atoms with Gasteiger partial charge >= 0.3 is 0 Å². The van der Waals surface area contributed by atoms with Crippen LogP contribution in [0.25, 0.3) is 32.6 Å². The Morgan fingerprint density at radius 1 is 0.917 bits per heavy atom. The standard InChI is InChI=1S/C21H14N3/c1-22-19-9-5-8-18-14-23-13-17-11-10-16(15-6-3-2-4-7-15)12-20(17)24(23)21(18)19/h2-12,14H,13H2/q+1. The second-order valence-electron chi connectivity index (χ2n) is 6.07. The molecule has 0 N–H and O–H groups in total. The van der Waals surface area contributed by atoms with Crippen molar-refractivity contribution in [2.75, 3.05) is 0 Å². The van der Waals surface area contributed by atoms with Gasteiger partial charge in [0, 0.05) is 5.56 Å². The van der Waals surface area contributed by atoms with E-state index in [4.69, 9.17) is 6.57 Å². The summed E-state index contributed by atoms with van der Waals surface area (Å²) in [5, 5.41) is 1.11. The molecule has 0 atom stereocenters. The number of rotatable bonds is 1. The van der Waals surface area contributed by atoms with E-state index >= 15 is 0 Å². The average Bonchev–Trinajstić information content (AvgIpc) is 3.17. The molecule has 0 unspecified atom stereocenters. The minimum atomic E-state index is 0.698. The van der Waals surface area contributed by atoms with Gasteiger partial charge in [-0.05, 0) is 29.3 Å². The van der Waals surface area contributed by atoms with E-state index < -0.39 is 0 Å². The van der Waals surface area contributed by atoms with Gasteiger partial charge in [0.15, 0.2) is 6.54 Å². The molecule has 5 rings (SSSR count). The number of benzene rings is 3. The van der Waals surface area contributed by atoms with Crippen LogP contribution in [0.5, 0.6) is 0 Å². The van der Waals surface area contributed by atoms with Crippen molar-refractivity contribution < 1.29 is 4.68 Å². The first-order chi connectivity index (χ1) is 11.8. The number of aromatic nitrogens is 2. The average molecular weight is 308 g/mol. The van der Waals surface area contributed by atoms with Crippen molar-refractivity contribution in [3.05, 3.63) is 89.9 Å². The molecule has 4 aromatic rings. The Bertz CT molecular complexity index is 1130. The molecule has 0 aliphatic carbocycles. The van der Waals surface area contributed by atoms with Crippen LogP contribution in [0.4, 0.5) is 5.69 Å². The third kappa shape index (κ3) is 1.74. The first-order valence-electron chi connectivity index (χ1n) is 7.95. The fourth-order valence-electron chi connectivity index (χ4n) is 3.58. The maximum absolute atomic E-state index is 7.49. The predicted molar refractivity (Wildman–Crippen MR) is 94.3 cm³/mol. The molecule has 24 heavy (non-hydrogen) atoms. The van der Waals surface area contributed by atoms with Crippen LogP contribution < -0.4 is 4.68 Å². The van der Waals surface area contributed by atoms with E-state index in [1.807, 2.05) is 18.2 Å². The van der Waals surface area contributed by atoms with Crippen LogP contribution in [0.3, 0.4) is 0 Å². The summed E-state index contributed by atoms with van der Waals surface area (Å²) >= 11 is 0. The van der Waals surface area contributed by atoms with Crippen LogP contribution in [-0.2, 0) is 6.54 Å². The Hall–Kier alpha value is -3.38. The molecule has 1 aromatic heterocycles. The van der Waals surface area contributed by atoms with Gasteiger partial charge in [0.2, 0.25) is 11.9 Å². The van der Waals surface area contributed by atoms with Crippen LogP contribution in [0, 0.1) is 6.57 Å². The lowest BCUT2D eigenvalue weighted by Gasteiger charge is -2.05. The molecular weight excluding hydrogens is 294 g/mol. The molecule has 112 valence electrons. The SMILES string of the molecule is [C-]#[N+]c1cccc2c[n+]3n(c12)-c1cc(-c2ccccc2)ccc1C3. The summed E-state index contributed by atoms with van der Waals surface area (Å²) in [6, 6.07) is 22.9. The highest BCUT2D eigenvalue weighted by molar-refractivity contribution is 5.92. The third-order valence-electron chi connectivity index (χ3n) is 4.68. The number of hydrogen-bond donors (Lipinski definition) is 0. The first-order valence-corrected chi connectivity index (χ1v) is 7.95. The molecule has 0 amide bonds. The van der Waals surface area contributed by atoms with Gasteiger partial charge in [-0.15, -0.1) is 9.36 Å². The lowest BCUT2D eigenvalue weighted by atomic mass is 10.0. The van der Waals surface area contributed by atoms with Gasteiger partial charge in [-0.25, -0.2) is 4.85 Å². The van der Waals surface area contributed by atoms with Crippen LogP contribution in [0.15, 0.2) is 72.9 Å². The molecule has 3 heteroatoms. The monoisotopic (exact) mass is 308 g/mol. The zero-order chi connectivity index (χ0) is 16.1. The smallest absolute Gasteiger partial charge is 0.217 e. The molecular formula is C21H14N3+. The quantitative estimate of drug-likeness (QED) is 0.320. The van der Waals surface area contributed by atoms with E-state index in [1.165, 1.54) is 22.4 Å². The van der Waals surface area contributed by atoms with Crippen molar-refractivity contribution in [1.82, 2.24) is 4.68 Å². The topological polar surface area (TPSA) is 13.2 Å². The molecule has 0 bridgehead atoms. The number of fused-ring (bicyclic) bond motifs is 5. The van der Waals surface area contributed by atoms with Gasteiger partial charge in [-0.3, -0.25) is 0 Å². The number of para-hydroxylation sites is 1. The summed E-state index contributed by atoms with van der Waals surface area (Å²) < 4.78 is 4.38. The van der Waals surface area contributed by atoms with E-state index in [0.29, 0.717) is 5.69 Å². The summed E-state index contributed by atoms with van der Waals surface area (Å²) in [6.07, 6.45) is 2.13. The zero-order valence-electron chi connectivity index (χ0n) is 13.0. The third-order valence-corrected chi connectivity index (χ3v) is 4.68. The zero-order valence-corrected chi connectivity index (χ0v) is 13.0. The van der Waals surface area contributed by atoms with Crippen molar-refractivity contribution >= 4 is 16.6 Å². The molecule has 0 spiro atoms. The Balaban J connectivity index is 1.79. The molecule has 1 aliphatic rings. The number of nitrogens with zero attached hydrogens (tertiary/aromatic N) is 3. The van der Waals surface area contributed by atoms with Crippen LogP contribution in [0.2, 0.25) is 0 Å². The maximum Gasteiger partial charge on any atom is 0.217 e. The van der Waals surface area contributed by atoms with Gasteiger partial charge < -0.3 is 0 Å². The Morgan fingerprint density at radius 2 is 1.79 bits per heavy atom. The van der Waals surface area contributed by atoms with Crippen molar-refractivity contribution in [1.29, 1.82) is 0 Å². The molecule has 3 aromatic carbocycles. The minimum Gasteiger partial charge on any atom is -0.236 e. The highest BCUT2D eigenvalue weighted by atomic mass is 15.4. The van der Waals surface area contributed by atoms with Crippen molar-refractivity contribution in [2.24, 2.45) is 0 Å². The normalized spacial score (nSPS) is 12.0.